The molecule has 0 aromatic carbocycles. The fourth-order valence-electron chi connectivity index (χ4n) is 2.18. The largest absolute Gasteiger partial charge is 0.309 e. The van der Waals surface area contributed by atoms with Crippen LogP contribution in [0.1, 0.15) is 32.6 Å². The molecule has 0 atom stereocenters. The van der Waals surface area contributed by atoms with Crippen LogP contribution in [0, 0.1) is 11.3 Å². The van der Waals surface area contributed by atoms with Crippen LogP contribution in [-0.2, 0) is 17.4 Å². The molecule has 2 fully saturated rings. The summed E-state index contributed by atoms with van der Waals surface area (Å²) < 4.78 is 0. The van der Waals surface area contributed by atoms with Gasteiger partial charge < -0.3 is 10.8 Å². The predicted octanol–water partition coefficient (Wildman–Crippen LogP) is 2.08. The first-order valence-corrected chi connectivity index (χ1v) is 4.74. The summed E-state index contributed by atoms with van der Waals surface area (Å²) in [6.45, 7) is 4.97. The molecule has 0 N–H and O–H groups in total. The third-order valence-electron chi connectivity index (χ3n) is 3.60. The molecule has 1 saturated heterocycles. The summed E-state index contributed by atoms with van der Waals surface area (Å²) in [6.07, 6.45) is 5.73. The number of hydrogen-bond donors (Lipinski definition) is 0. The van der Waals surface area contributed by atoms with Crippen LogP contribution in [0.2, 0.25) is 0 Å². The molecule has 1 aliphatic heterocycles. The monoisotopic (exact) mass is 204 g/mol. The average molecular weight is 204 g/mol. The summed E-state index contributed by atoms with van der Waals surface area (Å²) in [6, 6.07) is 0. The van der Waals surface area contributed by atoms with Crippen molar-refractivity contribution in [1.29, 1.82) is 0 Å². The minimum Gasteiger partial charge on any atom is -0.309 e. The van der Waals surface area contributed by atoms with Crippen LogP contribution < -0.4 is 0 Å². The molecule has 1 heterocycles. The van der Waals surface area contributed by atoms with E-state index in [-0.39, 0.29) is 17.4 Å². The smallest absolute Gasteiger partial charge is 0 e. The Balaban J connectivity index is 0.000000720. The zero-order valence-corrected chi connectivity index (χ0v) is 9.37. The molecule has 0 aromatic rings. The Labute approximate surface area is 86.6 Å². The van der Waals surface area contributed by atoms with E-state index >= 15 is 0 Å². The Morgan fingerprint density at radius 3 is 2.42 bits per heavy atom. The van der Waals surface area contributed by atoms with E-state index in [4.69, 9.17) is 0 Å². The van der Waals surface area contributed by atoms with Crippen molar-refractivity contribution < 1.29 is 17.4 Å². The van der Waals surface area contributed by atoms with Crippen molar-refractivity contribution in [3.8, 4) is 0 Å². The van der Waals surface area contributed by atoms with E-state index in [1.54, 1.807) is 5.92 Å². The molecule has 1 saturated carbocycles. The van der Waals surface area contributed by atoms with Gasteiger partial charge in [0.2, 0.25) is 0 Å². The van der Waals surface area contributed by atoms with Gasteiger partial charge in [0.05, 0.1) is 0 Å². The van der Waals surface area contributed by atoms with Crippen molar-refractivity contribution in [3.05, 3.63) is 5.92 Å². The molecule has 1 aliphatic carbocycles. The van der Waals surface area contributed by atoms with E-state index in [9.17, 15) is 0 Å². The Morgan fingerprint density at radius 2 is 1.83 bits per heavy atom. The van der Waals surface area contributed by atoms with Crippen molar-refractivity contribution in [2.75, 3.05) is 20.1 Å². The average Bonchev–Trinajstić information content (AvgIpc) is 2.77. The van der Waals surface area contributed by atoms with Crippen molar-refractivity contribution in [3.63, 3.8) is 0 Å². The van der Waals surface area contributed by atoms with Crippen LogP contribution in [0.5, 0.6) is 0 Å². The van der Waals surface area contributed by atoms with Crippen LogP contribution in [0.4, 0.5) is 0 Å². The van der Waals surface area contributed by atoms with E-state index in [1.807, 2.05) is 0 Å². The molecule has 0 aromatic heterocycles. The minimum atomic E-state index is 0. The summed E-state index contributed by atoms with van der Waals surface area (Å²) in [5.74, 6) is 1.78. The van der Waals surface area contributed by atoms with Gasteiger partial charge in [0.1, 0.15) is 0 Å². The molecule has 1 nitrogen and oxygen atoms in total. The van der Waals surface area contributed by atoms with Gasteiger partial charge in [-0.05, 0) is 20.1 Å². The topological polar surface area (TPSA) is 3.24 Å². The molecule has 0 unspecified atom stereocenters. The Morgan fingerprint density at radius 1 is 1.17 bits per heavy atom. The number of hydrogen-bond acceptors (Lipinski definition) is 1. The molecule has 0 bridgehead atoms. The molecular weight excluding hydrogens is 186 g/mol. The second-order valence-electron chi connectivity index (χ2n) is 4.36. The Kier molecular flexibility index (Phi) is 3.26. The van der Waals surface area contributed by atoms with Crippen molar-refractivity contribution in [2.24, 2.45) is 5.41 Å². The fraction of sp³-hybridized carbons (Fsp3) is 0.900. The van der Waals surface area contributed by atoms with Gasteiger partial charge in [-0.3, -0.25) is 0 Å². The van der Waals surface area contributed by atoms with E-state index < -0.39 is 0 Å². The van der Waals surface area contributed by atoms with E-state index in [0.717, 1.165) is 5.41 Å². The van der Waals surface area contributed by atoms with Gasteiger partial charge in [0, 0.05) is 17.4 Å². The molecular formula is C10H18CrN-. The summed E-state index contributed by atoms with van der Waals surface area (Å²) >= 11 is 0. The number of rotatable bonds is 0. The molecule has 0 amide bonds. The van der Waals surface area contributed by atoms with E-state index in [1.165, 1.54) is 38.8 Å². The van der Waals surface area contributed by atoms with Crippen molar-refractivity contribution >= 4 is 0 Å². The van der Waals surface area contributed by atoms with Crippen LogP contribution in [0.15, 0.2) is 0 Å². The van der Waals surface area contributed by atoms with Gasteiger partial charge in [-0.15, -0.1) is 0 Å². The Hall–Kier alpha value is 0.492. The maximum Gasteiger partial charge on any atom is 0 e. The van der Waals surface area contributed by atoms with Gasteiger partial charge in [-0.2, -0.15) is 18.8 Å². The number of likely N-dealkylation sites (tertiary alicyclic amines) is 1. The Bertz CT molecular complexity index is 154. The first-order chi connectivity index (χ1) is 5.23. The van der Waals surface area contributed by atoms with Crippen LogP contribution in [0.25, 0.3) is 0 Å². The molecule has 70 valence electrons. The normalized spacial score (nSPS) is 29.5. The van der Waals surface area contributed by atoms with E-state index in [0.29, 0.717) is 0 Å². The molecule has 1 spiro atoms. The van der Waals surface area contributed by atoms with Gasteiger partial charge in [-0.25, -0.2) is 0 Å². The summed E-state index contributed by atoms with van der Waals surface area (Å²) in [5, 5.41) is 0. The van der Waals surface area contributed by atoms with Crippen LogP contribution in [-0.4, -0.2) is 25.0 Å². The zero-order valence-electron chi connectivity index (χ0n) is 8.10. The number of nitrogens with zero attached hydrogens (tertiary/aromatic N) is 1. The van der Waals surface area contributed by atoms with Gasteiger partial charge in [0.25, 0.3) is 0 Å². The summed E-state index contributed by atoms with van der Waals surface area (Å²) in [4.78, 5) is 2.47. The van der Waals surface area contributed by atoms with Crippen LogP contribution >= 0.6 is 0 Å². The quantitative estimate of drug-likeness (QED) is 0.546. The van der Waals surface area contributed by atoms with Crippen molar-refractivity contribution in [1.82, 2.24) is 4.90 Å². The van der Waals surface area contributed by atoms with Gasteiger partial charge >= 0.3 is 0 Å². The third-order valence-corrected chi connectivity index (χ3v) is 3.60. The molecule has 12 heavy (non-hydrogen) atoms. The first kappa shape index (κ1) is 10.6. The predicted molar refractivity (Wildman–Crippen MR) is 47.3 cm³/mol. The summed E-state index contributed by atoms with van der Waals surface area (Å²) in [7, 11) is 2.24. The fourth-order valence-corrected chi connectivity index (χ4v) is 2.18. The van der Waals surface area contributed by atoms with Crippen molar-refractivity contribution in [2.45, 2.75) is 32.6 Å². The molecule has 2 heteroatoms. The zero-order chi connectivity index (χ0) is 7.90. The minimum absolute atomic E-state index is 0. The second kappa shape index (κ2) is 3.70. The standard InChI is InChI=1S/C10H18N.Cr/c1-9-3-7-11(2)8-6-10(9)4-5-10;/h3-8H2,1-2H3;/q-1;. The maximum atomic E-state index is 2.47. The van der Waals surface area contributed by atoms with Gasteiger partial charge in [0.15, 0.2) is 0 Å². The van der Waals surface area contributed by atoms with Gasteiger partial charge in [-0.1, -0.05) is 19.3 Å². The third kappa shape index (κ3) is 1.87. The van der Waals surface area contributed by atoms with E-state index in [2.05, 4.69) is 18.9 Å². The summed E-state index contributed by atoms with van der Waals surface area (Å²) in [5.41, 5.74) is 0.727. The molecule has 2 aliphatic rings. The van der Waals surface area contributed by atoms with Crippen LogP contribution in [0.3, 0.4) is 0 Å². The molecule has 2 rings (SSSR count). The molecule has 0 radical (unpaired) electrons. The maximum absolute atomic E-state index is 2.47. The second-order valence-corrected chi connectivity index (χ2v) is 4.36. The SMILES string of the molecule is C[C-]1CCN(C)CCC12CC2.[Cr]. The first-order valence-electron chi connectivity index (χ1n) is 4.74.